The molecule has 0 atom stereocenters. The van der Waals surface area contributed by atoms with Gasteiger partial charge in [0.05, 0.1) is 10.6 Å². The van der Waals surface area contributed by atoms with E-state index in [-0.39, 0.29) is 16.8 Å². The van der Waals surface area contributed by atoms with Gasteiger partial charge in [0.25, 0.3) is 5.24 Å². The number of alkyl halides is 3. The van der Waals surface area contributed by atoms with E-state index < -0.39 is 11.4 Å². The van der Waals surface area contributed by atoms with Crippen molar-refractivity contribution in [1.82, 2.24) is 5.32 Å². The number of nitrogens with one attached hydrogen (secondary N) is 1. The molecule has 1 aliphatic heterocycles. The summed E-state index contributed by atoms with van der Waals surface area (Å²) in [4.78, 5) is 14.8. The maximum absolute atomic E-state index is 12.3. The number of nitrogens with zero attached hydrogens (tertiary/aromatic N) is 1. The molecule has 1 aromatic carbocycles. The van der Waals surface area contributed by atoms with E-state index in [1.54, 1.807) is 30.3 Å². The standard InChI is InChI=1S/C11H7F3N2OS/c12-11(13,14)6-8-9(16-10(17)18-8)15-7-4-2-1-3-5-7/h1-6H,(H,15,16,17). The minimum Gasteiger partial charge on any atom is -0.300 e. The first-order chi connectivity index (χ1) is 8.44. The van der Waals surface area contributed by atoms with E-state index in [2.05, 4.69) is 10.3 Å². The van der Waals surface area contributed by atoms with E-state index in [4.69, 9.17) is 0 Å². The number of hydrogen-bond acceptors (Lipinski definition) is 3. The van der Waals surface area contributed by atoms with Crippen LogP contribution in [0.15, 0.2) is 46.3 Å². The van der Waals surface area contributed by atoms with Gasteiger partial charge in [-0.25, -0.2) is 4.99 Å². The normalized spacial score (nSPS) is 20.5. The average molecular weight is 272 g/mol. The maximum atomic E-state index is 12.3. The fourth-order valence-corrected chi connectivity index (χ4v) is 2.03. The number of amides is 1. The highest BCUT2D eigenvalue weighted by Crippen LogP contribution is 2.30. The second-order valence-corrected chi connectivity index (χ2v) is 4.38. The molecule has 1 saturated heterocycles. The predicted octanol–water partition coefficient (Wildman–Crippen LogP) is 3.62. The summed E-state index contributed by atoms with van der Waals surface area (Å²) >= 11 is 0.480. The molecule has 1 aromatic rings. The van der Waals surface area contributed by atoms with Crippen LogP contribution in [0.4, 0.5) is 23.7 Å². The Balaban J connectivity index is 2.34. The fraction of sp³-hybridized carbons (Fsp3) is 0.0909. The molecular weight excluding hydrogens is 265 g/mol. The summed E-state index contributed by atoms with van der Waals surface area (Å²) < 4.78 is 36.8. The van der Waals surface area contributed by atoms with Gasteiger partial charge in [-0.2, -0.15) is 13.2 Å². The zero-order chi connectivity index (χ0) is 13.2. The van der Waals surface area contributed by atoms with Gasteiger partial charge in [-0.05, 0) is 23.9 Å². The lowest BCUT2D eigenvalue weighted by atomic mass is 10.3. The molecule has 0 aliphatic carbocycles. The van der Waals surface area contributed by atoms with Gasteiger partial charge < -0.3 is 5.32 Å². The number of rotatable bonds is 1. The van der Waals surface area contributed by atoms with Crippen LogP contribution < -0.4 is 5.32 Å². The number of thioether (sulfide) groups is 1. The highest BCUT2D eigenvalue weighted by atomic mass is 32.2. The summed E-state index contributed by atoms with van der Waals surface area (Å²) in [5, 5.41) is 1.71. The maximum Gasteiger partial charge on any atom is 0.410 e. The number of benzene rings is 1. The predicted molar refractivity (Wildman–Crippen MR) is 63.8 cm³/mol. The summed E-state index contributed by atoms with van der Waals surface area (Å²) in [6.45, 7) is 0. The quantitative estimate of drug-likeness (QED) is 0.848. The minimum atomic E-state index is -4.48. The number of allylic oxidation sites excluding steroid dienone is 1. The SMILES string of the molecule is O=C1NC(=Nc2ccccc2)C(=CC(F)(F)F)S1. The van der Waals surface area contributed by atoms with Gasteiger partial charge >= 0.3 is 6.18 Å². The molecule has 0 saturated carbocycles. The van der Waals surface area contributed by atoms with E-state index in [1.807, 2.05) is 0 Å². The van der Waals surface area contributed by atoms with Crippen molar-refractivity contribution in [2.24, 2.45) is 4.99 Å². The monoisotopic (exact) mass is 272 g/mol. The zero-order valence-corrected chi connectivity index (χ0v) is 9.68. The second kappa shape index (κ2) is 4.85. The second-order valence-electron chi connectivity index (χ2n) is 3.36. The third kappa shape index (κ3) is 3.36. The summed E-state index contributed by atoms with van der Waals surface area (Å²) in [6.07, 6.45) is -4.41. The Bertz CT molecular complexity index is 523. The van der Waals surface area contributed by atoms with Crippen molar-refractivity contribution < 1.29 is 18.0 Å². The number of aliphatic imine (C=N–C) groups is 1. The van der Waals surface area contributed by atoms with E-state index in [0.29, 0.717) is 17.4 Å². The zero-order valence-electron chi connectivity index (χ0n) is 8.86. The van der Waals surface area contributed by atoms with Crippen LogP contribution in [0.1, 0.15) is 0 Å². The van der Waals surface area contributed by atoms with Crippen LogP contribution in [-0.4, -0.2) is 17.3 Å². The van der Waals surface area contributed by atoms with Gasteiger partial charge in [-0.15, -0.1) is 0 Å². The highest BCUT2D eigenvalue weighted by molar-refractivity contribution is 8.18. The molecule has 1 fully saturated rings. The lowest BCUT2D eigenvalue weighted by Crippen LogP contribution is -2.19. The van der Waals surface area contributed by atoms with Crippen molar-refractivity contribution in [2.45, 2.75) is 6.18 Å². The fourth-order valence-electron chi connectivity index (χ4n) is 1.29. The number of para-hydroxylation sites is 1. The van der Waals surface area contributed by atoms with Crippen molar-refractivity contribution in [1.29, 1.82) is 0 Å². The minimum absolute atomic E-state index is 0.0668. The molecule has 3 nitrogen and oxygen atoms in total. The molecule has 1 amide bonds. The molecule has 1 N–H and O–H groups in total. The highest BCUT2D eigenvalue weighted by Gasteiger charge is 2.31. The molecule has 0 aromatic heterocycles. The molecule has 0 spiro atoms. The number of amidine groups is 1. The van der Waals surface area contributed by atoms with Crippen LogP contribution in [-0.2, 0) is 0 Å². The van der Waals surface area contributed by atoms with E-state index in [0.717, 1.165) is 0 Å². The number of halogens is 3. The summed E-state index contributed by atoms with van der Waals surface area (Å²) in [5.74, 6) is -0.0754. The number of hydrogen-bond donors (Lipinski definition) is 1. The largest absolute Gasteiger partial charge is 0.410 e. The summed E-state index contributed by atoms with van der Waals surface area (Å²) in [7, 11) is 0. The topological polar surface area (TPSA) is 41.5 Å². The lowest BCUT2D eigenvalue weighted by Gasteiger charge is -2.02. The third-order valence-electron chi connectivity index (χ3n) is 1.95. The van der Waals surface area contributed by atoms with Crippen molar-refractivity contribution in [3.05, 3.63) is 41.3 Å². The summed E-state index contributed by atoms with van der Waals surface area (Å²) in [6, 6.07) is 8.44. The van der Waals surface area contributed by atoms with Gasteiger partial charge in [0.2, 0.25) is 0 Å². The Hall–Kier alpha value is -1.76. The Kier molecular flexibility index (Phi) is 3.42. The van der Waals surface area contributed by atoms with E-state index in [1.165, 1.54) is 0 Å². The molecule has 1 heterocycles. The molecule has 7 heteroatoms. The molecule has 94 valence electrons. The molecule has 1 aliphatic rings. The van der Waals surface area contributed by atoms with E-state index in [9.17, 15) is 18.0 Å². The van der Waals surface area contributed by atoms with Gasteiger partial charge in [0.1, 0.15) is 5.84 Å². The van der Waals surface area contributed by atoms with Crippen LogP contribution in [0.5, 0.6) is 0 Å². The molecule has 0 bridgehead atoms. The van der Waals surface area contributed by atoms with Crippen LogP contribution in [0.2, 0.25) is 0 Å². The Morgan fingerprint density at radius 2 is 1.89 bits per heavy atom. The first kappa shape index (κ1) is 12.7. The number of carbonyl (C=O) groups excluding carboxylic acids is 1. The van der Waals surface area contributed by atoms with Crippen LogP contribution >= 0.6 is 11.8 Å². The molecular formula is C11H7F3N2OS. The van der Waals surface area contributed by atoms with Crippen molar-refractivity contribution >= 4 is 28.5 Å². The lowest BCUT2D eigenvalue weighted by molar-refractivity contribution is -0.0799. The Morgan fingerprint density at radius 1 is 1.22 bits per heavy atom. The van der Waals surface area contributed by atoms with Gasteiger partial charge in [0.15, 0.2) is 0 Å². The molecule has 0 radical (unpaired) electrons. The van der Waals surface area contributed by atoms with E-state index >= 15 is 0 Å². The van der Waals surface area contributed by atoms with Gasteiger partial charge in [0, 0.05) is 6.08 Å². The summed E-state index contributed by atoms with van der Waals surface area (Å²) in [5.41, 5.74) is 0.475. The number of carbonyl (C=O) groups is 1. The van der Waals surface area contributed by atoms with Crippen LogP contribution in [0.25, 0.3) is 0 Å². The van der Waals surface area contributed by atoms with Crippen molar-refractivity contribution in [3.63, 3.8) is 0 Å². The van der Waals surface area contributed by atoms with Crippen molar-refractivity contribution in [2.75, 3.05) is 0 Å². The molecule has 0 unspecified atom stereocenters. The van der Waals surface area contributed by atoms with Crippen LogP contribution in [0.3, 0.4) is 0 Å². The Morgan fingerprint density at radius 3 is 2.50 bits per heavy atom. The molecule has 18 heavy (non-hydrogen) atoms. The van der Waals surface area contributed by atoms with Crippen molar-refractivity contribution in [3.8, 4) is 0 Å². The Labute approximate surface area is 105 Å². The third-order valence-corrected chi connectivity index (χ3v) is 2.77. The van der Waals surface area contributed by atoms with Crippen LogP contribution in [0, 0.1) is 0 Å². The van der Waals surface area contributed by atoms with Gasteiger partial charge in [-0.3, -0.25) is 4.79 Å². The first-order valence-corrected chi connectivity index (χ1v) is 5.68. The van der Waals surface area contributed by atoms with Gasteiger partial charge in [-0.1, -0.05) is 18.2 Å². The first-order valence-electron chi connectivity index (χ1n) is 4.86. The molecule has 2 rings (SSSR count). The average Bonchev–Trinajstić information content (AvgIpc) is 2.57. The smallest absolute Gasteiger partial charge is 0.300 e.